The van der Waals surface area contributed by atoms with Crippen LogP contribution in [0.5, 0.6) is 0 Å². The Morgan fingerprint density at radius 3 is 2.23 bits per heavy atom. The van der Waals surface area contributed by atoms with Crippen molar-refractivity contribution in [2.24, 2.45) is 0 Å². The van der Waals surface area contributed by atoms with Crippen LogP contribution < -0.4 is 5.32 Å². The van der Waals surface area contributed by atoms with Gasteiger partial charge < -0.3 is 10.2 Å². The fourth-order valence-corrected chi connectivity index (χ4v) is 5.74. The van der Waals surface area contributed by atoms with Crippen molar-refractivity contribution in [2.45, 2.75) is 42.8 Å². The molecule has 2 aromatic rings. The molecule has 2 aromatic carbocycles. The maximum absolute atomic E-state index is 13.1. The van der Waals surface area contributed by atoms with E-state index in [0.29, 0.717) is 30.8 Å². The molecule has 0 amide bonds. The molecule has 0 spiro atoms. The first kappa shape index (κ1) is 27.3. The summed E-state index contributed by atoms with van der Waals surface area (Å²) in [6, 6.07) is 10.8. The maximum Gasteiger partial charge on any atom is 0.416 e. The first-order valence-electron chi connectivity index (χ1n) is 11.7. The van der Waals surface area contributed by atoms with E-state index in [1.807, 2.05) is 19.0 Å². The van der Waals surface area contributed by atoms with Crippen LogP contribution in [0.25, 0.3) is 0 Å². The van der Waals surface area contributed by atoms with Gasteiger partial charge in [-0.2, -0.15) is 17.5 Å². The van der Waals surface area contributed by atoms with E-state index in [2.05, 4.69) is 5.32 Å². The van der Waals surface area contributed by atoms with Crippen molar-refractivity contribution in [3.63, 3.8) is 0 Å². The maximum atomic E-state index is 13.1. The van der Waals surface area contributed by atoms with Crippen LogP contribution in [0.1, 0.15) is 53.2 Å². The van der Waals surface area contributed by atoms with E-state index in [4.69, 9.17) is 0 Å². The summed E-state index contributed by atoms with van der Waals surface area (Å²) >= 11 is 0. The average molecular weight is 512 g/mol. The number of carbonyl (C=O) groups is 1. The Morgan fingerprint density at radius 2 is 1.66 bits per heavy atom. The number of nitrogens with zero attached hydrogens (tertiary/aromatic N) is 2. The molecule has 0 aliphatic carbocycles. The fraction of sp³-hybridized carbons (Fsp3) is 0.480. The molecule has 1 unspecified atom stereocenters. The highest BCUT2D eigenvalue weighted by Gasteiger charge is 2.30. The molecular weight excluding hydrogens is 479 g/mol. The van der Waals surface area contributed by atoms with Crippen LogP contribution in [-0.4, -0.2) is 63.7 Å². The van der Waals surface area contributed by atoms with Crippen LogP contribution in [0, 0.1) is 0 Å². The third-order valence-corrected chi connectivity index (χ3v) is 8.12. The second kappa shape index (κ2) is 11.6. The number of ketones is 1. The number of hydrogen-bond acceptors (Lipinski definition) is 5. The number of halogens is 3. The number of hydrogen-bond donors (Lipinski definition) is 1. The topological polar surface area (TPSA) is 69.7 Å². The van der Waals surface area contributed by atoms with Gasteiger partial charge in [0.15, 0.2) is 5.78 Å². The van der Waals surface area contributed by atoms with Gasteiger partial charge in [0.25, 0.3) is 0 Å². The van der Waals surface area contributed by atoms with Crippen molar-refractivity contribution >= 4 is 15.8 Å². The minimum Gasteiger partial charge on any atom is -0.308 e. The van der Waals surface area contributed by atoms with Crippen LogP contribution in [0.2, 0.25) is 0 Å². The predicted molar refractivity (Wildman–Crippen MR) is 129 cm³/mol. The van der Waals surface area contributed by atoms with Crippen LogP contribution in [0.4, 0.5) is 13.2 Å². The number of likely N-dealkylation sites (N-methyl/N-ethyl adjacent to an activating group) is 1. The second-order valence-electron chi connectivity index (χ2n) is 9.00. The zero-order valence-electron chi connectivity index (χ0n) is 20.0. The highest BCUT2D eigenvalue weighted by molar-refractivity contribution is 7.89. The summed E-state index contributed by atoms with van der Waals surface area (Å²) < 4.78 is 66.2. The summed E-state index contributed by atoms with van der Waals surface area (Å²) in [5.74, 6) is -0.261. The molecule has 0 bridgehead atoms. The van der Waals surface area contributed by atoms with Crippen molar-refractivity contribution in [3.8, 4) is 0 Å². The molecule has 35 heavy (non-hydrogen) atoms. The Kier molecular flexibility index (Phi) is 9.09. The number of carbonyl (C=O) groups excluding carboxylic acids is 1. The molecule has 6 nitrogen and oxygen atoms in total. The molecule has 192 valence electrons. The number of alkyl halides is 3. The van der Waals surface area contributed by atoms with Gasteiger partial charge in [-0.15, -0.1) is 0 Å². The van der Waals surface area contributed by atoms with E-state index >= 15 is 0 Å². The number of sulfonamides is 1. The van der Waals surface area contributed by atoms with Gasteiger partial charge in [0.05, 0.1) is 17.0 Å². The summed E-state index contributed by atoms with van der Waals surface area (Å²) in [6.07, 6.45) is -0.721. The number of nitrogens with one attached hydrogen (secondary N) is 1. The van der Waals surface area contributed by atoms with Crippen LogP contribution >= 0.6 is 0 Å². The van der Waals surface area contributed by atoms with Crippen LogP contribution in [0.3, 0.4) is 0 Å². The van der Waals surface area contributed by atoms with Gasteiger partial charge in [0.1, 0.15) is 0 Å². The van der Waals surface area contributed by atoms with E-state index in [0.717, 1.165) is 37.8 Å². The SMILES string of the molecule is CN(C)C(CNCC(=O)c1cccc(S(=O)(=O)N2CCCCCC2)c1)c1ccc(C(F)(F)F)cc1. The predicted octanol–water partition coefficient (Wildman–Crippen LogP) is 4.35. The first-order chi connectivity index (χ1) is 16.5. The molecule has 1 N–H and O–H groups in total. The van der Waals surface area contributed by atoms with Crippen molar-refractivity contribution in [1.29, 1.82) is 0 Å². The largest absolute Gasteiger partial charge is 0.416 e. The summed E-state index contributed by atoms with van der Waals surface area (Å²) in [4.78, 5) is 14.8. The lowest BCUT2D eigenvalue weighted by atomic mass is 10.0. The molecule has 1 aliphatic heterocycles. The zero-order chi connectivity index (χ0) is 25.6. The summed E-state index contributed by atoms with van der Waals surface area (Å²) in [6.45, 7) is 1.27. The molecule has 3 rings (SSSR count). The van der Waals surface area contributed by atoms with Crippen molar-refractivity contribution < 1.29 is 26.4 Å². The molecular formula is C25H32F3N3O3S. The first-order valence-corrected chi connectivity index (χ1v) is 13.1. The number of rotatable bonds is 9. The second-order valence-corrected chi connectivity index (χ2v) is 10.9. The summed E-state index contributed by atoms with van der Waals surface area (Å²) in [5, 5.41) is 3.06. The Hall–Kier alpha value is -2.27. The van der Waals surface area contributed by atoms with E-state index in [9.17, 15) is 26.4 Å². The fourth-order valence-electron chi connectivity index (χ4n) is 4.18. The Balaban J connectivity index is 1.64. The average Bonchev–Trinajstić information content (AvgIpc) is 3.11. The summed E-state index contributed by atoms with van der Waals surface area (Å²) in [7, 11) is -0.0457. The Labute approximate surface area is 205 Å². The monoisotopic (exact) mass is 511 g/mol. The molecule has 1 atom stereocenters. The Bertz CT molecular complexity index is 1090. The third kappa shape index (κ3) is 7.13. The van der Waals surface area contributed by atoms with Gasteiger partial charge in [-0.3, -0.25) is 4.79 Å². The van der Waals surface area contributed by atoms with Crippen molar-refractivity contribution in [2.75, 3.05) is 40.3 Å². The highest BCUT2D eigenvalue weighted by Crippen LogP contribution is 2.30. The van der Waals surface area contributed by atoms with E-state index < -0.39 is 21.8 Å². The molecule has 1 aliphatic rings. The Morgan fingerprint density at radius 1 is 1.03 bits per heavy atom. The molecule has 1 saturated heterocycles. The van der Waals surface area contributed by atoms with Gasteiger partial charge in [0.2, 0.25) is 10.0 Å². The van der Waals surface area contributed by atoms with Crippen molar-refractivity contribution in [1.82, 2.24) is 14.5 Å². The molecule has 0 aromatic heterocycles. The van der Waals surface area contributed by atoms with Crippen LogP contribution in [0.15, 0.2) is 53.4 Å². The van der Waals surface area contributed by atoms with E-state index in [1.165, 1.54) is 28.6 Å². The molecule has 0 radical (unpaired) electrons. The third-order valence-electron chi connectivity index (χ3n) is 6.23. The van der Waals surface area contributed by atoms with Gasteiger partial charge in [-0.05, 0) is 56.8 Å². The minimum absolute atomic E-state index is 0.0296. The lowest BCUT2D eigenvalue weighted by Crippen LogP contribution is -2.34. The quantitative estimate of drug-likeness (QED) is 0.507. The minimum atomic E-state index is -4.40. The standard InChI is InChI=1S/C25H32F3N3O3S/c1-30(2)23(19-10-12-21(13-11-19)25(26,27)28)17-29-18-24(32)20-8-7-9-22(16-20)35(33,34)31-14-5-3-4-6-15-31/h7-13,16,23,29H,3-6,14-15,17-18H2,1-2H3. The molecule has 1 heterocycles. The van der Waals surface area contributed by atoms with E-state index in [-0.39, 0.29) is 23.3 Å². The van der Waals surface area contributed by atoms with Gasteiger partial charge in [-0.25, -0.2) is 8.42 Å². The number of benzene rings is 2. The van der Waals surface area contributed by atoms with E-state index in [1.54, 1.807) is 12.1 Å². The molecule has 0 saturated carbocycles. The number of Topliss-reactive ketones (excluding diaryl/α,β-unsaturated/α-hetero) is 1. The molecule has 10 heteroatoms. The molecule has 1 fully saturated rings. The lowest BCUT2D eigenvalue weighted by Gasteiger charge is -2.25. The van der Waals surface area contributed by atoms with Gasteiger partial charge in [-0.1, -0.05) is 37.1 Å². The highest BCUT2D eigenvalue weighted by atomic mass is 32.2. The zero-order valence-corrected chi connectivity index (χ0v) is 20.8. The normalized spacial score (nSPS) is 16.7. The van der Waals surface area contributed by atoms with Crippen LogP contribution in [-0.2, 0) is 16.2 Å². The van der Waals surface area contributed by atoms with Gasteiger partial charge >= 0.3 is 6.18 Å². The smallest absolute Gasteiger partial charge is 0.308 e. The summed E-state index contributed by atoms with van der Waals surface area (Å²) in [5.41, 5.74) is 0.273. The van der Waals surface area contributed by atoms with Crippen molar-refractivity contribution in [3.05, 3.63) is 65.2 Å². The lowest BCUT2D eigenvalue weighted by molar-refractivity contribution is -0.137. The van der Waals surface area contributed by atoms with Gasteiger partial charge in [0, 0.05) is 31.2 Å².